The van der Waals surface area contributed by atoms with Crippen molar-refractivity contribution < 1.29 is 73.6 Å². The topological polar surface area (TPSA) is 153 Å². The molecule has 1 saturated heterocycles. The number of aromatic nitrogens is 2. The molecule has 21 heteroatoms. The van der Waals surface area contributed by atoms with Crippen LogP contribution in [-0.4, -0.2) is 116 Å². The number of hydrogen-bond acceptors (Lipinski definition) is 8. The molecule has 4 rings (SSSR count). The molecule has 2 aliphatic heterocycles. The molecular weight excluding hydrogens is 653 g/mol. The van der Waals surface area contributed by atoms with Crippen LogP contribution in [0.4, 0.5) is 39.5 Å². The van der Waals surface area contributed by atoms with E-state index in [9.17, 15) is 39.5 Å². The molecule has 1 unspecified atom stereocenters. The molecule has 0 aromatic carbocycles. The minimum absolute atomic E-state index is 0.320. The Labute approximate surface area is 255 Å². The molecule has 0 radical (unpaired) electrons. The SMILES string of the molecule is Cc1ccc(CN2CCn3c(CN4CCN(C)CC4)cnc3C2C)o1.O=C(O)C(F)(F)F.O=C(O)C(F)(F)F.O=C(O)C(F)(F)F. The molecule has 1 atom stereocenters. The zero-order valence-electron chi connectivity index (χ0n) is 24.6. The van der Waals surface area contributed by atoms with Gasteiger partial charge >= 0.3 is 36.4 Å². The third-order valence-corrected chi connectivity index (χ3v) is 6.37. The van der Waals surface area contributed by atoms with Gasteiger partial charge in [-0.2, -0.15) is 39.5 Å². The number of carboxylic acid groups (broad SMARTS) is 3. The maximum atomic E-state index is 10.6. The standard InChI is InChI=1S/C19H29N5O.3C2HF3O2/c1-15-4-5-18(25-15)14-23-10-11-24-17(12-20-19(24)16(23)2)13-22-8-6-21(3)7-9-22;3*3-2(4,5)1(6)7/h4-5,12,16H,6-11,13-14H2,1-3H3;3*(H,6,7). The summed E-state index contributed by atoms with van der Waals surface area (Å²) in [7, 11) is 2.20. The molecule has 2 aromatic heterocycles. The number of piperazine rings is 1. The predicted molar refractivity (Wildman–Crippen MR) is 138 cm³/mol. The van der Waals surface area contributed by atoms with Crippen LogP contribution in [0.3, 0.4) is 0 Å². The molecule has 2 aromatic rings. The van der Waals surface area contributed by atoms with Crippen molar-refractivity contribution in [2.75, 3.05) is 39.8 Å². The second-order valence-corrected chi connectivity index (χ2v) is 9.91. The minimum atomic E-state index is -5.08. The first-order chi connectivity index (χ1) is 20.9. The monoisotopic (exact) mass is 685 g/mol. The molecule has 4 heterocycles. The molecule has 0 saturated carbocycles. The largest absolute Gasteiger partial charge is 0.490 e. The van der Waals surface area contributed by atoms with Crippen molar-refractivity contribution in [3.05, 3.63) is 41.4 Å². The first-order valence-electron chi connectivity index (χ1n) is 13.1. The molecule has 3 N–H and O–H groups in total. The van der Waals surface area contributed by atoms with E-state index in [1.54, 1.807) is 0 Å². The van der Waals surface area contributed by atoms with Crippen LogP contribution in [0.2, 0.25) is 0 Å². The minimum Gasteiger partial charge on any atom is -0.475 e. The highest BCUT2D eigenvalue weighted by Gasteiger charge is 2.39. The van der Waals surface area contributed by atoms with Gasteiger partial charge in [0.15, 0.2) is 0 Å². The van der Waals surface area contributed by atoms with Gasteiger partial charge in [0.2, 0.25) is 0 Å². The Kier molecular flexibility index (Phi) is 14.5. The van der Waals surface area contributed by atoms with Crippen LogP contribution in [0.5, 0.6) is 0 Å². The summed E-state index contributed by atoms with van der Waals surface area (Å²) in [5, 5.41) is 21.4. The number of carbonyl (C=O) groups is 3. The Morgan fingerprint density at radius 2 is 1.26 bits per heavy atom. The van der Waals surface area contributed by atoms with Gasteiger partial charge in [-0.1, -0.05) is 0 Å². The van der Waals surface area contributed by atoms with E-state index in [4.69, 9.17) is 39.1 Å². The van der Waals surface area contributed by atoms with Gasteiger partial charge < -0.3 is 29.2 Å². The van der Waals surface area contributed by atoms with Crippen LogP contribution in [-0.2, 0) is 34.0 Å². The van der Waals surface area contributed by atoms with Gasteiger partial charge in [-0.25, -0.2) is 19.4 Å². The first-order valence-corrected chi connectivity index (χ1v) is 13.1. The molecule has 0 spiro atoms. The second-order valence-electron chi connectivity index (χ2n) is 9.91. The van der Waals surface area contributed by atoms with E-state index < -0.39 is 36.4 Å². The quantitative estimate of drug-likeness (QED) is 0.401. The number of aliphatic carboxylic acids is 3. The number of likely N-dealkylation sites (N-methyl/N-ethyl adjacent to an activating group) is 1. The summed E-state index contributed by atoms with van der Waals surface area (Å²) in [4.78, 5) is 38.9. The lowest BCUT2D eigenvalue weighted by Gasteiger charge is -2.35. The van der Waals surface area contributed by atoms with Gasteiger partial charge in [-0.15, -0.1) is 0 Å². The Hall–Kier alpha value is -3.85. The predicted octanol–water partition coefficient (Wildman–Crippen LogP) is 4.01. The Morgan fingerprint density at radius 3 is 1.65 bits per heavy atom. The van der Waals surface area contributed by atoms with E-state index in [1.807, 2.05) is 13.0 Å². The Morgan fingerprint density at radius 1 is 0.804 bits per heavy atom. The van der Waals surface area contributed by atoms with Crippen LogP contribution < -0.4 is 0 Å². The number of furan rings is 1. The average Bonchev–Trinajstić information content (AvgIpc) is 3.52. The molecule has 0 bridgehead atoms. The maximum absolute atomic E-state index is 10.6. The van der Waals surface area contributed by atoms with E-state index in [0.717, 1.165) is 63.9 Å². The lowest BCUT2D eigenvalue weighted by atomic mass is 10.2. The molecular formula is C25H32F9N5O7. The average molecular weight is 686 g/mol. The zero-order chi connectivity index (χ0) is 35.6. The number of carboxylic acids is 3. The van der Waals surface area contributed by atoms with E-state index in [0.29, 0.717) is 6.04 Å². The van der Waals surface area contributed by atoms with Crippen molar-refractivity contribution in [2.24, 2.45) is 0 Å². The summed E-state index contributed by atoms with van der Waals surface area (Å²) in [5.74, 6) is -5.05. The second kappa shape index (κ2) is 16.6. The number of rotatable bonds is 4. The van der Waals surface area contributed by atoms with E-state index in [2.05, 4.69) is 45.5 Å². The van der Waals surface area contributed by atoms with Crippen LogP contribution in [0.25, 0.3) is 0 Å². The van der Waals surface area contributed by atoms with Gasteiger partial charge in [-0.3, -0.25) is 9.80 Å². The number of halogens is 9. The van der Waals surface area contributed by atoms with Crippen molar-refractivity contribution in [3.63, 3.8) is 0 Å². The summed E-state index contributed by atoms with van der Waals surface area (Å²) >= 11 is 0. The van der Waals surface area contributed by atoms with Crippen LogP contribution in [0.1, 0.15) is 36.0 Å². The normalized spacial score (nSPS) is 17.7. The van der Waals surface area contributed by atoms with Crippen molar-refractivity contribution in [3.8, 4) is 0 Å². The van der Waals surface area contributed by atoms with Crippen molar-refractivity contribution >= 4 is 17.9 Å². The third kappa shape index (κ3) is 13.6. The van der Waals surface area contributed by atoms with Crippen LogP contribution >= 0.6 is 0 Å². The summed E-state index contributed by atoms with van der Waals surface area (Å²) in [5.41, 5.74) is 1.36. The molecule has 12 nitrogen and oxygen atoms in total. The van der Waals surface area contributed by atoms with E-state index in [1.165, 1.54) is 11.5 Å². The fraction of sp³-hybridized carbons (Fsp3) is 0.600. The van der Waals surface area contributed by atoms with Gasteiger partial charge in [0.25, 0.3) is 0 Å². The molecule has 1 fully saturated rings. The van der Waals surface area contributed by atoms with Crippen molar-refractivity contribution in [1.29, 1.82) is 0 Å². The number of hydrogen-bond donors (Lipinski definition) is 3. The number of fused-ring (bicyclic) bond motifs is 1. The smallest absolute Gasteiger partial charge is 0.475 e. The first kappa shape index (κ1) is 40.2. The molecule has 262 valence electrons. The summed E-state index contributed by atoms with van der Waals surface area (Å²) < 4.78 is 103. The van der Waals surface area contributed by atoms with Gasteiger partial charge in [-0.05, 0) is 33.0 Å². The third-order valence-electron chi connectivity index (χ3n) is 6.37. The maximum Gasteiger partial charge on any atom is 0.490 e. The van der Waals surface area contributed by atoms with Gasteiger partial charge in [0, 0.05) is 52.0 Å². The highest BCUT2D eigenvalue weighted by Crippen LogP contribution is 2.28. The highest BCUT2D eigenvalue weighted by atomic mass is 19.4. The highest BCUT2D eigenvalue weighted by molar-refractivity contribution is 5.73. The van der Waals surface area contributed by atoms with Crippen molar-refractivity contribution in [1.82, 2.24) is 24.3 Å². The van der Waals surface area contributed by atoms with Gasteiger partial charge in [0.05, 0.1) is 18.3 Å². The summed E-state index contributed by atoms with van der Waals surface area (Å²) in [6.07, 6.45) is -13.2. The van der Waals surface area contributed by atoms with Crippen LogP contribution in [0, 0.1) is 6.92 Å². The lowest BCUT2D eigenvalue weighted by Crippen LogP contribution is -2.44. The number of alkyl halides is 9. The number of nitrogens with zero attached hydrogens (tertiary/aromatic N) is 5. The number of aryl methyl sites for hydroxylation is 1. The zero-order valence-corrected chi connectivity index (χ0v) is 24.6. The van der Waals surface area contributed by atoms with E-state index in [-0.39, 0.29) is 0 Å². The molecule has 0 amide bonds. The molecule has 0 aliphatic carbocycles. The Bertz CT molecular complexity index is 1230. The van der Waals surface area contributed by atoms with Crippen LogP contribution in [0.15, 0.2) is 22.7 Å². The fourth-order valence-corrected chi connectivity index (χ4v) is 3.95. The molecule has 46 heavy (non-hydrogen) atoms. The molecule has 2 aliphatic rings. The summed E-state index contributed by atoms with van der Waals surface area (Å²) in [6, 6.07) is 4.45. The summed E-state index contributed by atoms with van der Waals surface area (Å²) in [6.45, 7) is 12.8. The number of imidazole rings is 1. The van der Waals surface area contributed by atoms with Gasteiger partial charge in [0.1, 0.15) is 17.3 Å². The fourth-order valence-electron chi connectivity index (χ4n) is 3.95. The van der Waals surface area contributed by atoms with E-state index >= 15 is 0 Å². The van der Waals surface area contributed by atoms with Crippen molar-refractivity contribution in [2.45, 2.75) is 58.1 Å². The Balaban J connectivity index is 0.000000413. The lowest BCUT2D eigenvalue weighted by molar-refractivity contribution is -0.193.